The fraction of sp³-hybridized carbons (Fsp3) is 0. The highest BCUT2D eigenvalue weighted by Crippen LogP contribution is 2.27. The van der Waals surface area contributed by atoms with E-state index >= 15 is 0 Å². The highest BCUT2D eigenvalue weighted by atomic mass is 15.1. The van der Waals surface area contributed by atoms with Gasteiger partial charge in [-0.3, -0.25) is 15.1 Å². The minimum absolute atomic E-state index is 0.942. The van der Waals surface area contributed by atoms with E-state index < -0.39 is 0 Å². The lowest BCUT2D eigenvalue weighted by molar-refractivity contribution is 1.12. The van der Waals surface area contributed by atoms with Crippen LogP contribution in [0.2, 0.25) is 0 Å². The Morgan fingerprint density at radius 1 is 0.947 bits per heavy atom. The molecule has 0 radical (unpaired) electrons. The Morgan fingerprint density at radius 3 is 2.95 bits per heavy atom. The van der Waals surface area contributed by atoms with Gasteiger partial charge in [-0.25, -0.2) is 0 Å². The molecule has 0 amide bonds. The van der Waals surface area contributed by atoms with Crippen molar-refractivity contribution in [1.82, 2.24) is 20.2 Å². The predicted octanol–water partition coefficient (Wildman–Crippen LogP) is 3.17. The van der Waals surface area contributed by atoms with E-state index in [-0.39, 0.29) is 0 Å². The van der Waals surface area contributed by atoms with Crippen LogP contribution in [0.5, 0.6) is 0 Å². The number of H-pyrrole nitrogens is 1. The average Bonchev–Trinajstić information content (AvgIpc) is 2.95. The summed E-state index contributed by atoms with van der Waals surface area (Å²) in [5.41, 5.74) is 4.01. The second-order valence-electron chi connectivity index (χ2n) is 4.40. The number of rotatable bonds is 1. The lowest BCUT2D eigenvalue weighted by atomic mass is 10.1. The summed E-state index contributed by atoms with van der Waals surface area (Å²) in [5.74, 6) is 0. The molecular formula is C15H10N4. The molecule has 4 rings (SSSR count). The minimum Gasteiger partial charge on any atom is -0.278 e. The van der Waals surface area contributed by atoms with Gasteiger partial charge < -0.3 is 0 Å². The third-order valence-electron chi connectivity index (χ3n) is 3.25. The number of aromatic amines is 1. The van der Waals surface area contributed by atoms with E-state index in [9.17, 15) is 0 Å². The van der Waals surface area contributed by atoms with E-state index in [0.717, 1.165) is 33.1 Å². The van der Waals surface area contributed by atoms with Crippen molar-refractivity contribution in [3.05, 3.63) is 55.0 Å². The topological polar surface area (TPSA) is 54.5 Å². The maximum absolute atomic E-state index is 4.48. The van der Waals surface area contributed by atoms with Gasteiger partial charge in [0.1, 0.15) is 0 Å². The Morgan fingerprint density at radius 2 is 1.95 bits per heavy atom. The van der Waals surface area contributed by atoms with Crippen LogP contribution in [0.4, 0.5) is 0 Å². The standard InChI is InChI=1S/C15H10N4/c1-2-10-8-11(3-4-13(10)16-6-1)15-12-9-18-19-14(12)5-7-17-15/h1-9H,(H,18,19). The van der Waals surface area contributed by atoms with Gasteiger partial charge in [-0.2, -0.15) is 5.10 Å². The third kappa shape index (κ3) is 1.57. The van der Waals surface area contributed by atoms with Gasteiger partial charge in [-0.1, -0.05) is 12.1 Å². The van der Waals surface area contributed by atoms with Crippen LogP contribution in [-0.4, -0.2) is 20.2 Å². The van der Waals surface area contributed by atoms with Crippen LogP contribution < -0.4 is 0 Å². The summed E-state index contributed by atoms with van der Waals surface area (Å²) in [7, 11) is 0. The Bertz CT molecular complexity index is 879. The number of benzene rings is 1. The van der Waals surface area contributed by atoms with Gasteiger partial charge in [-0.15, -0.1) is 0 Å². The Labute approximate surface area is 109 Å². The van der Waals surface area contributed by atoms with E-state index in [2.05, 4.69) is 32.3 Å². The summed E-state index contributed by atoms with van der Waals surface area (Å²) in [6, 6.07) is 12.1. The lowest BCUT2D eigenvalue weighted by Crippen LogP contribution is -1.85. The molecule has 3 heterocycles. The molecule has 19 heavy (non-hydrogen) atoms. The number of hydrogen-bond donors (Lipinski definition) is 1. The SMILES string of the molecule is c1cnc2ccc(-c3nccc4[nH]ncc34)cc2c1. The maximum Gasteiger partial charge on any atom is 0.0812 e. The molecule has 0 unspecified atom stereocenters. The number of aromatic nitrogens is 4. The summed E-state index contributed by atoms with van der Waals surface area (Å²) >= 11 is 0. The van der Waals surface area contributed by atoms with E-state index in [4.69, 9.17) is 0 Å². The van der Waals surface area contributed by atoms with E-state index in [1.165, 1.54) is 0 Å². The van der Waals surface area contributed by atoms with Crippen molar-refractivity contribution in [3.8, 4) is 11.3 Å². The number of pyridine rings is 2. The maximum atomic E-state index is 4.48. The zero-order valence-electron chi connectivity index (χ0n) is 10.0. The van der Waals surface area contributed by atoms with Crippen molar-refractivity contribution in [2.24, 2.45) is 0 Å². The molecule has 0 bridgehead atoms. The molecule has 0 saturated carbocycles. The van der Waals surface area contributed by atoms with Gasteiger partial charge in [0.25, 0.3) is 0 Å². The Hall–Kier alpha value is -2.75. The molecule has 0 aliphatic carbocycles. The van der Waals surface area contributed by atoms with E-state index in [0.29, 0.717) is 0 Å². The second-order valence-corrected chi connectivity index (χ2v) is 4.40. The third-order valence-corrected chi connectivity index (χ3v) is 3.25. The summed E-state index contributed by atoms with van der Waals surface area (Å²) < 4.78 is 0. The van der Waals surface area contributed by atoms with Crippen molar-refractivity contribution < 1.29 is 0 Å². The van der Waals surface area contributed by atoms with Crippen LogP contribution in [0.15, 0.2) is 55.0 Å². The fourth-order valence-corrected chi connectivity index (χ4v) is 2.32. The Kier molecular flexibility index (Phi) is 2.08. The lowest BCUT2D eigenvalue weighted by Gasteiger charge is -2.04. The molecule has 1 N–H and O–H groups in total. The van der Waals surface area contributed by atoms with Crippen LogP contribution in [0.25, 0.3) is 33.1 Å². The molecule has 0 spiro atoms. The highest BCUT2D eigenvalue weighted by molar-refractivity contribution is 5.94. The van der Waals surface area contributed by atoms with Gasteiger partial charge in [0, 0.05) is 28.7 Å². The van der Waals surface area contributed by atoms with Crippen molar-refractivity contribution in [2.45, 2.75) is 0 Å². The minimum atomic E-state index is 0.942. The van der Waals surface area contributed by atoms with Crippen LogP contribution in [0.3, 0.4) is 0 Å². The van der Waals surface area contributed by atoms with Gasteiger partial charge in [-0.05, 0) is 24.3 Å². The zero-order chi connectivity index (χ0) is 12.7. The first-order chi connectivity index (χ1) is 9.42. The fourth-order valence-electron chi connectivity index (χ4n) is 2.32. The van der Waals surface area contributed by atoms with Gasteiger partial charge >= 0.3 is 0 Å². The first-order valence-corrected chi connectivity index (χ1v) is 6.05. The molecule has 4 nitrogen and oxygen atoms in total. The Balaban J connectivity index is 2.01. The monoisotopic (exact) mass is 246 g/mol. The molecular weight excluding hydrogens is 236 g/mol. The van der Waals surface area contributed by atoms with Crippen molar-refractivity contribution >= 4 is 21.8 Å². The highest BCUT2D eigenvalue weighted by Gasteiger charge is 2.07. The summed E-state index contributed by atoms with van der Waals surface area (Å²) in [4.78, 5) is 8.81. The van der Waals surface area contributed by atoms with E-state index in [1.54, 1.807) is 12.4 Å². The quantitative estimate of drug-likeness (QED) is 0.561. The largest absolute Gasteiger partial charge is 0.278 e. The average molecular weight is 246 g/mol. The molecule has 0 atom stereocenters. The number of nitrogens with zero attached hydrogens (tertiary/aromatic N) is 3. The summed E-state index contributed by atoms with van der Waals surface area (Å²) in [6.07, 6.45) is 5.41. The molecule has 0 aliphatic heterocycles. The van der Waals surface area contributed by atoms with Gasteiger partial charge in [0.2, 0.25) is 0 Å². The summed E-state index contributed by atoms with van der Waals surface area (Å²) in [6.45, 7) is 0. The molecule has 3 aromatic heterocycles. The molecule has 1 aromatic carbocycles. The smallest absolute Gasteiger partial charge is 0.0812 e. The van der Waals surface area contributed by atoms with Gasteiger partial charge in [0.15, 0.2) is 0 Å². The van der Waals surface area contributed by atoms with Crippen LogP contribution >= 0.6 is 0 Å². The number of fused-ring (bicyclic) bond motifs is 2. The first-order valence-electron chi connectivity index (χ1n) is 6.05. The number of nitrogens with one attached hydrogen (secondary N) is 1. The molecule has 4 heteroatoms. The molecule has 0 aliphatic rings. The van der Waals surface area contributed by atoms with E-state index in [1.807, 2.05) is 30.5 Å². The number of hydrogen-bond acceptors (Lipinski definition) is 3. The van der Waals surface area contributed by atoms with Crippen LogP contribution in [-0.2, 0) is 0 Å². The van der Waals surface area contributed by atoms with Crippen molar-refractivity contribution in [3.63, 3.8) is 0 Å². The van der Waals surface area contributed by atoms with Crippen molar-refractivity contribution in [2.75, 3.05) is 0 Å². The zero-order valence-corrected chi connectivity index (χ0v) is 10.0. The van der Waals surface area contributed by atoms with Crippen LogP contribution in [0.1, 0.15) is 0 Å². The predicted molar refractivity (Wildman–Crippen MR) is 74.6 cm³/mol. The summed E-state index contributed by atoms with van der Waals surface area (Å²) in [5, 5.41) is 9.18. The normalized spacial score (nSPS) is 11.2. The second kappa shape index (κ2) is 3.88. The first kappa shape index (κ1) is 10.2. The molecule has 0 saturated heterocycles. The molecule has 4 aromatic rings. The van der Waals surface area contributed by atoms with Gasteiger partial charge in [0.05, 0.1) is 22.9 Å². The molecule has 90 valence electrons. The molecule has 0 fully saturated rings. The van der Waals surface area contributed by atoms with Crippen LogP contribution in [0, 0.1) is 0 Å². The van der Waals surface area contributed by atoms with Crippen molar-refractivity contribution in [1.29, 1.82) is 0 Å².